The number of hydrogen-bond acceptors (Lipinski definition) is 4. The summed E-state index contributed by atoms with van der Waals surface area (Å²) >= 11 is 0. The zero-order valence-corrected chi connectivity index (χ0v) is 10.4. The van der Waals surface area contributed by atoms with E-state index in [0.717, 1.165) is 13.0 Å². The van der Waals surface area contributed by atoms with E-state index in [0.29, 0.717) is 29.5 Å². The lowest BCUT2D eigenvalue weighted by atomic mass is 9.98. The Morgan fingerprint density at radius 1 is 1.44 bits per heavy atom. The molecule has 3 rings (SSSR count). The second kappa shape index (κ2) is 4.40. The van der Waals surface area contributed by atoms with Crippen molar-refractivity contribution in [2.24, 2.45) is 11.7 Å². The van der Waals surface area contributed by atoms with Gasteiger partial charge in [0.15, 0.2) is 11.5 Å². The zero-order valence-electron chi connectivity index (χ0n) is 10.4. The van der Waals surface area contributed by atoms with Crippen LogP contribution in [-0.4, -0.2) is 31.8 Å². The van der Waals surface area contributed by atoms with Crippen LogP contribution < -0.4 is 15.2 Å². The van der Waals surface area contributed by atoms with E-state index < -0.39 is 0 Å². The van der Waals surface area contributed by atoms with Gasteiger partial charge in [-0.3, -0.25) is 4.90 Å². The highest BCUT2D eigenvalue weighted by molar-refractivity contribution is 5.50. The summed E-state index contributed by atoms with van der Waals surface area (Å²) in [7, 11) is 2.00. The summed E-state index contributed by atoms with van der Waals surface area (Å²) in [5.41, 5.74) is 6.33. The molecular formula is C13H17FN2O2. The lowest BCUT2D eigenvalue weighted by molar-refractivity contribution is 0.171. The maximum Gasteiger partial charge on any atom is 0.231 e. The van der Waals surface area contributed by atoms with Gasteiger partial charge in [0.2, 0.25) is 6.79 Å². The quantitative estimate of drug-likeness (QED) is 0.866. The van der Waals surface area contributed by atoms with E-state index in [1.807, 2.05) is 7.05 Å². The Balaban J connectivity index is 1.99. The van der Waals surface area contributed by atoms with Crippen LogP contribution in [0.4, 0.5) is 4.39 Å². The summed E-state index contributed by atoms with van der Waals surface area (Å²) in [5, 5.41) is 0. The Bertz CT molecular complexity index is 467. The molecule has 2 N–H and O–H groups in total. The average molecular weight is 252 g/mol. The zero-order chi connectivity index (χ0) is 12.7. The molecule has 2 aliphatic heterocycles. The highest BCUT2D eigenvalue weighted by atomic mass is 19.1. The molecule has 0 aromatic heterocycles. The van der Waals surface area contributed by atoms with Gasteiger partial charge in [-0.15, -0.1) is 0 Å². The fourth-order valence-electron chi connectivity index (χ4n) is 2.89. The van der Waals surface area contributed by atoms with Gasteiger partial charge >= 0.3 is 0 Å². The van der Waals surface area contributed by atoms with Crippen LogP contribution in [0.25, 0.3) is 0 Å². The predicted molar refractivity (Wildman–Crippen MR) is 65.1 cm³/mol. The first-order chi connectivity index (χ1) is 8.70. The molecule has 2 atom stereocenters. The van der Waals surface area contributed by atoms with Gasteiger partial charge in [0.1, 0.15) is 5.82 Å². The molecule has 4 nitrogen and oxygen atoms in total. The molecule has 98 valence electrons. The minimum atomic E-state index is -0.228. The second-order valence-electron chi connectivity index (χ2n) is 4.99. The standard InChI is InChI=1S/C13H17FN2O2/c1-16-6-8(5-15)4-10(16)12-9(14)2-3-11-13(12)18-7-17-11/h2-3,8,10H,4-7,15H2,1H3. The van der Waals surface area contributed by atoms with Crippen LogP contribution in [0.3, 0.4) is 0 Å². The molecule has 0 aliphatic carbocycles. The van der Waals surface area contributed by atoms with Crippen molar-refractivity contribution in [3.05, 3.63) is 23.5 Å². The van der Waals surface area contributed by atoms with Crippen molar-refractivity contribution in [1.82, 2.24) is 4.90 Å². The summed E-state index contributed by atoms with van der Waals surface area (Å²) in [6.45, 7) is 1.70. The Hall–Kier alpha value is -1.33. The smallest absolute Gasteiger partial charge is 0.231 e. The summed E-state index contributed by atoms with van der Waals surface area (Å²) < 4.78 is 24.8. The molecule has 0 amide bonds. The highest BCUT2D eigenvalue weighted by Crippen LogP contribution is 2.45. The van der Waals surface area contributed by atoms with E-state index in [9.17, 15) is 4.39 Å². The van der Waals surface area contributed by atoms with E-state index in [4.69, 9.17) is 15.2 Å². The summed E-state index contributed by atoms with van der Waals surface area (Å²) in [5.74, 6) is 1.38. The van der Waals surface area contributed by atoms with Crippen molar-refractivity contribution in [2.45, 2.75) is 12.5 Å². The molecule has 1 aromatic rings. The Labute approximate surface area is 105 Å². The van der Waals surface area contributed by atoms with Crippen LogP contribution in [0.1, 0.15) is 18.0 Å². The highest BCUT2D eigenvalue weighted by Gasteiger charge is 2.35. The molecule has 2 aliphatic rings. The van der Waals surface area contributed by atoms with E-state index >= 15 is 0 Å². The molecule has 0 bridgehead atoms. The normalized spacial score (nSPS) is 26.8. The van der Waals surface area contributed by atoms with E-state index in [2.05, 4.69) is 4.90 Å². The minimum absolute atomic E-state index is 0.0233. The number of fused-ring (bicyclic) bond motifs is 1. The number of nitrogens with zero attached hydrogens (tertiary/aromatic N) is 1. The molecule has 1 aromatic carbocycles. The average Bonchev–Trinajstić information content (AvgIpc) is 2.96. The number of benzene rings is 1. The van der Waals surface area contributed by atoms with E-state index in [1.165, 1.54) is 6.07 Å². The third-order valence-electron chi connectivity index (χ3n) is 3.83. The number of hydrogen-bond donors (Lipinski definition) is 1. The largest absolute Gasteiger partial charge is 0.454 e. The van der Waals surface area contributed by atoms with Crippen molar-refractivity contribution in [3.63, 3.8) is 0 Å². The maximum absolute atomic E-state index is 14.1. The number of likely N-dealkylation sites (tertiary alicyclic amines) is 1. The summed E-state index contributed by atoms with van der Waals surface area (Å²) in [6, 6.07) is 3.10. The molecule has 2 heterocycles. The summed E-state index contributed by atoms with van der Waals surface area (Å²) in [4.78, 5) is 2.14. The topological polar surface area (TPSA) is 47.7 Å². The molecular weight excluding hydrogens is 235 g/mol. The Morgan fingerprint density at radius 2 is 2.28 bits per heavy atom. The molecule has 2 unspecified atom stereocenters. The van der Waals surface area contributed by atoms with Crippen molar-refractivity contribution < 1.29 is 13.9 Å². The van der Waals surface area contributed by atoms with Crippen LogP contribution in [0.2, 0.25) is 0 Å². The van der Waals surface area contributed by atoms with Gasteiger partial charge in [-0.1, -0.05) is 0 Å². The molecule has 0 saturated carbocycles. The lowest BCUT2D eigenvalue weighted by Crippen LogP contribution is -2.21. The van der Waals surface area contributed by atoms with Crippen LogP contribution in [0.5, 0.6) is 11.5 Å². The number of nitrogens with two attached hydrogens (primary N) is 1. The fraction of sp³-hybridized carbons (Fsp3) is 0.538. The van der Waals surface area contributed by atoms with Gasteiger partial charge < -0.3 is 15.2 Å². The van der Waals surface area contributed by atoms with E-state index in [1.54, 1.807) is 6.07 Å². The van der Waals surface area contributed by atoms with Crippen LogP contribution in [0.15, 0.2) is 12.1 Å². The third-order valence-corrected chi connectivity index (χ3v) is 3.83. The van der Waals surface area contributed by atoms with Gasteiger partial charge in [-0.25, -0.2) is 4.39 Å². The number of halogens is 1. The molecule has 0 spiro atoms. The number of rotatable bonds is 2. The van der Waals surface area contributed by atoms with E-state index in [-0.39, 0.29) is 18.7 Å². The maximum atomic E-state index is 14.1. The molecule has 1 fully saturated rings. The fourth-order valence-corrected chi connectivity index (χ4v) is 2.89. The third kappa shape index (κ3) is 1.74. The molecule has 1 saturated heterocycles. The van der Waals surface area contributed by atoms with Gasteiger partial charge in [-0.2, -0.15) is 0 Å². The monoisotopic (exact) mass is 252 g/mol. The van der Waals surface area contributed by atoms with Crippen molar-refractivity contribution in [1.29, 1.82) is 0 Å². The summed E-state index contributed by atoms with van der Waals surface area (Å²) in [6.07, 6.45) is 0.865. The van der Waals surface area contributed by atoms with Gasteiger partial charge in [0.25, 0.3) is 0 Å². The van der Waals surface area contributed by atoms with Gasteiger partial charge in [-0.05, 0) is 38.1 Å². The second-order valence-corrected chi connectivity index (χ2v) is 4.99. The van der Waals surface area contributed by atoms with Crippen LogP contribution >= 0.6 is 0 Å². The van der Waals surface area contributed by atoms with Crippen molar-refractivity contribution in [2.75, 3.05) is 26.9 Å². The van der Waals surface area contributed by atoms with Gasteiger partial charge in [0, 0.05) is 12.6 Å². The lowest BCUT2D eigenvalue weighted by Gasteiger charge is -2.21. The SMILES string of the molecule is CN1CC(CN)CC1c1c(F)ccc2c1OCO2. The van der Waals surface area contributed by atoms with Crippen LogP contribution in [0, 0.1) is 11.7 Å². The van der Waals surface area contributed by atoms with Crippen molar-refractivity contribution >= 4 is 0 Å². The Morgan fingerprint density at radius 3 is 3.00 bits per heavy atom. The first kappa shape index (κ1) is 11.7. The number of ether oxygens (including phenoxy) is 2. The van der Waals surface area contributed by atoms with Crippen LogP contribution in [-0.2, 0) is 0 Å². The first-order valence-electron chi connectivity index (χ1n) is 6.19. The minimum Gasteiger partial charge on any atom is -0.454 e. The molecule has 5 heteroatoms. The predicted octanol–water partition coefficient (Wildman–Crippen LogP) is 1.51. The molecule has 18 heavy (non-hydrogen) atoms. The Kier molecular flexibility index (Phi) is 2.87. The first-order valence-corrected chi connectivity index (χ1v) is 6.19. The van der Waals surface area contributed by atoms with Gasteiger partial charge in [0.05, 0.1) is 5.56 Å². The molecule has 0 radical (unpaired) electrons. The van der Waals surface area contributed by atoms with Crippen molar-refractivity contribution in [3.8, 4) is 11.5 Å².